The maximum absolute atomic E-state index is 12.3. The van der Waals surface area contributed by atoms with Crippen molar-refractivity contribution in [3.63, 3.8) is 0 Å². The summed E-state index contributed by atoms with van der Waals surface area (Å²) in [5, 5.41) is 5.75. The third-order valence-corrected chi connectivity index (χ3v) is 5.30. The van der Waals surface area contributed by atoms with E-state index in [2.05, 4.69) is 25.9 Å². The summed E-state index contributed by atoms with van der Waals surface area (Å²) in [6, 6.07) is 5.40. The van der Waals surface area contributed by atoms with Gasteiger partial charge in [0.25, 0.3) is 0 Å². The number of para-hydroxylation sites is 1. The molecule has 2 N–H and O–H groups in total. The van der Waals surface area contributed by atoms with E-state index >= 15 is 0 Å². The van der Waals surface area contributed by atoms with Gasteiger partial charge in [0.2, 0.25) is 21.2 Å². The molecule has 1 aromatic heterocycles. The average Bonchev–Trinajstić information content (AvgIpc) is 2.77. The standard InChI is InChI=1S/C13H12BrClN4O3S/c14-9-3-1-2-8-11(9)17-13(15)18-12(8)19-5-7(4-10(19)20)6-23(16,21)22/h1-3,7H,4-6H2,(H2,16,21,22). The summed E-state index contributed by atoms with van der Waals surface area (Å²) in [5.74, 6) is -0.443. The van der Waals surface area contributed by atoms with Crippen molar-refractivity contribution in [3.05, 3.63) is 28.0 Å². The molecule has 1 aliphatic heterocycles. The van der Waals surface area contributed by atoms with Crippen LogP contribution in [0.15, 0.2) is 22.7 Å². The SMILES string of the molecule is NS(=O)(=O)CC1CC(=O)N(c2nc(Cl)nc3c(Br)cccc23)C1. The molecular formula is C13H12BrClN4O3S. The van der Waals surface area contributed by atoms with Crippen LogP contribution >= 0.6 is 27.5 Å². The molecule has 3 rings (SSSR count). The molecular weight excluding hydrogens is 408 g/mol. The van der Waals surface area contributed by atoms with Crippen molar-refractivity contribution in [3.8, 4) is 0 Å². The van der Waals surface area contributed by atoms with Gasteiger partial charge in [-0.3, -0.25) is 9.69 Å². The van der Waals surface area contributed by atoms with Crippen molar-refractivity contribution in [2.24, 2.45) is 11.1 Å². The number of sulfonamides is 1. The second kappa shape index (κ2) is 5.97. The minimum Gasteiger partial charge on any atom is -0.296 e. The lowest BCUT2D eigenvalue weighted by atomic mass is 10.1. The van der Waals surface area contributed by atoms with Gasteiger partial charge in [-0.1, -0.05) is 6.07 Å². The number of fused-ring (bicyclic) bond motifs is 1. The Labute approximate surface area is 146 Å². The monoisotopic (exact) mass is 418 g/mol. The average molecular weight is 420 g/mol. The molecule has 1 atom stereocenters. The maximum atomic E-state index is 12.3. The minimum atomic E-state index is -3.64. The summed E-state index contributed by atoms with van der Waals surface area (Å²) in [5.41, 5.74) is 0.588. The number of anilines is 1. The van der Waals surface area contributed by atoms with Crippen LogP contribution in [0.4, 0.5) is 5.82 Å². The first-order chi connectivity index (χ1) is 10.7. The van der Waals surface area contributed by atoms with Gasteiger partial charge in [0.05, 0.1) is 11.3 Å². The Hall–Kier alpha value is -1.29. The Morgan fingerprint density at radius 2 is 2.13 bits per heavy atom. The maximum Gasteiger partial charge on any atom is 0.228 e. The number of hydrogen-bond acceptors (Lipinski definition) is 5. The first kappa shape index (κ1) is 16.6. The summed E-state index contributed by atoms with van der Waals surface area (Å²) in [7, 11) is -3.64. The zero-order valence-electron chi connectivity index (χ0n) is 11.7. The smallest absolute Gasteiger partial charge is 0.228 e. The highest BCUT2D eigenvalue weighted by Gasteiger charge is 2.34. The van der Waals surface area contributed by atoms with Crippen molar-refractivity contribution < 1.29 is 13.2 Å². The highest BCUT2D eigenvalue weighted by Crippen LogP contribution is 2.33. The third kappa shape index (κ3) is 3.47. The fraction of sp³-hybridized carbons (Fsp3) is 0.308. The second-order valence-corrected chi connectivity index (χ2v) is 8.21. The summed E-state index contributed by atoms with van der Waals surface area (Å²) >= 11 is 9.36. The number of carbonyl (C=O) groups is 1. The van der Waals surface area contributed by atoms with Crippen molar-refractivity contribution in [2.45, 2.75) is 6.42 Å². The van der Waals surface area contributed by atoms with E-state index in [-0.39, 0.29) is 35.8 Å². The predicted molar refractivity (Wildman–Crippen MR) is 90.7 cm³/mol. The van der Waals surface area contributed by atoms with Crippen molar-refractivity contribution in [2.75, 3.05) is 17.2 Å². The summed E-state index contributed by atoms with van der Waals surface area (Å²) in [6.45, 7) is 0.226. The van der Waals surface area contributed by atoms with E-state index in [1.807, 2.05) is 6.07 Å². The fourth-order valence-electron chi connectivity index (χ4n) is 2.71. The number of aromatic nitrogens is 2. The number of primary sulfonamides is 1. The van der Waals surface area contributed by atoms with Crippen molar-refractivity contribution in [1.82, 2.24) is 9.97 Å². The highest BCUT2D eigenvalue weighted by molar-refractivity contribution is 9.10. The zero-order chi connectivity index (χ0) is 16.8. The summed E-state index contributed by atoms with van der Waals surface area (Å²) in [4.78, 5) is 22.1. The molecule has 0 aliphatic carbocycles. The fourth-order valence-corrected chi connectivity index (χ4v) is 4.21. The van der Waals surface area contributed by atoms with Gasteiger partial charge in [0, 0.05) is 28.7 Å². The van der Waals surface area contributed by atoms with Gasteiger partial charge in [-0.05, 0) is 39.7 Å². The Kier molecular flexibility index (Phi) is 4.30. The van der Waals surface area contributed by atoms with Crippen LogP contribution in [0.5, 0.6) is 0 Å². The van der Waals surface area contributed by atoms with Gasteiger partial charge in [-0.25, -0.2) is 18.5 Å². The molecule has 2 heterocycles. The number of halogens is 2. The first-order valence-corrected chi connectivity index (χ1v) is 9.56. The minimum absolute atomic E-state index is 0.0158. The number of rotatable bonds is 3. The molecule has 1 aliphatic rings. The molecule has 0 spiro atoms. The molecule has 122 valence electrons. The van der Waals surface area contributed by atoms with Crippen LogP contribution in [-0.4, -0.2) is 36.6 Å². The van der Waals surface area contributed by atoms with E-state index in [1.54, 1.807) is 12.1 Å². The largest absolute Gasteiger partial charge is 0.296 e. The molecule has 10 heteroatoms. The molecule has 7 nitrogen and oxygen atoms in total. The Bertz CT molecular complexity index is 905. The highest BCUT2D eigenvalue weighted by atomic mass is 79.9. The van der Waals surface area contributed by atoms with Gasteiger partial charge in [0.15, 0.2) is 0 Å². The molecule has 1 amide bonds. The molecule has 0 bridgehead atoms. The number of nitrogens with zero attached hydrogens (tertiary/aromatic N) is 3. The first-order valence-electron chi connectivity index (χ1n) is 6.67. The van der Waals surface area contributed by atoms with E-state index in [1.165, 1.54) is 4.90 Å². The molecule has 1 fully saturated rings. The number of carbonyl (C=O) groups excluding carboxylic acids is 1. The molecule has 0 radical (unpaired) electrons. The molecule has 1 unspecified atom stereocenters. The third-order valence-electron chi connectivity index (χ3n) is 3.56. The Balaban J connectivity index is 2.04. The number of nitrogens with two attached hydrogens (primary N) is 1. The van der Waals surface area contributed by atoms with E-state index in [0.717, 1.165) is 4.47 Å². The lowest BCUT2D eigenvalue weighted by Gasteiger charge is -2.18. The van der Waals surface area contributed by atoms with E-state index in [4.69, 9.17) is 16.7 Å². The van der Waals surface area contributed by atoms with Gasteiger partial charge in [-0.2, -0.15) is 4.98 Å². The summed E-state index contributed by atoms with van der Waals surface area (Å²) < 4.78 is 23.2. The number of benzene rings is 1. The van der Waals surface area contributed by atoms with Crippen LogP contribution < -0.4 is 10.0 Å². The molecule has 1 aromatic carbocycles. The summed E-state index contributed by atoms with van der Waals surface area (Å²) in [6.07, 6.45) is 0.105. The normalized spacial score (nSPS) is 18.8. The molecule has 0 saturated carbocycles. The Morgan fingerprint density at radius 1 is 1.39 bits per heavy atom. The molecule has 2 aromatic rings. The lowest BCUT2D eigenvalue weighted by Crippen LogP contribution is -2.28. The van der Waals surface area contributed by atoms with Gasteiger partial charge in [0.1, 0.15) is 5.82 Å². The van der Waals surface area contributed by atoms with Gasteiger partial charge >= 0.3 is 0 Å². The van der Waals surface area contributed by atoms with Crippen LogP contribution in [0.1, 0.15) is 6.42 Å². The van der Waals surface area contributed by atoms with Crippen LogP contribution in [0.25, 0.3) is 10.9 Å². The van der Waals surface area contributed by atoms with Crippen LogP contribution in [0.3, 0.4) is 0 Å². The van der Waals surface area contributed by atoms with Crippen LogP contribution in [0.2, 0.25) is 5.28 Å². The van der Waals surface area contributed by atoms with Gasteiger partial charge in [-0.15, -0.1) is 0 Å². The Morgan fingerprint density at radius 3 is 2.83 bits per heavy atom. The topological polar surface area (TPSA) is 106 Å². The van der Waals surface area contributed by atoms with Crippen molar-refractivity contribution >= 4 is 60.2 Å². The predicted octanol–water partition coefficient (Wildman–Crippen LogP) is 1.69. The van der Waals surface area contributed by atoms with Crippen LogP contribution in [-0.2, 0) is 14.8 Å². The zero-order valence-corrected chi connectivity index (χ0v) is 14.9. The van der Waals surface area contributed by atoms with Gasteiger partial charge < -0.3 is 0 Å². The van der Waals surface area contributed by atoms with E-state index in [9.17, 15) is 13.2 Å². The molecule has 23 heavy (non-hydrogen) atoms. The number of amides is 1. The number of hydrogen-bond donors (Lipinski definition) is 1. The van der Waals surface area contributed by atoms with Crippen molar-refractivity contribution in [1.29, 1.82) is 0 Å². The van der Waals surface area contributed by atoms with Crippen LogP contribution in [0, 0.1) is 5.92 Å². The second-order valence-electron chi connectivity index (χ2n) is 5.36. The quantitative estimate of drug-likeness (QED) is 0.762. The lowest BCUT2D eigenvalue weighted by molar-refractivity contribution is -0.117. The van der Waals surface area contributed by atoms with E-state index in [0.29, 0.717) is 16.7 Å². The molecule has 1 saturated heterocycles. The van der Waals surface area contributed by atoms with E-state index < -0.39 is 10.0 Å².